The van der Waals surface area contributed by atoms with Gasteiger partial charge in [0, 0.05) is 46.3 Å². The van der Waals surface area contributed by atoms with Gasteiger partial charge in [-0.25, -0.2) is 8.42 Å². The molecule has 0 aromatic heterocycles. The Morgan fingerprint density at radius 1 is 1.28 bits per heavy atom. The maximum absolute atomic E-state index is 12.8. The Kier molecular flexibility index (Phi) is 7.74. The Labute approximate surface area is 173 Å². The van der Waals surface area contributed by atoms with Crippen LogP contribution in [0.25, 0.3) is 0 Å². The van der Waals surface area contributed by atoms with Crippen molar-refractivity contribution in [3.05, 3.63) is 29.8 Å². The number of sulfonamides is 1. The predicted octanol–water partition coefficient (Wildman–Crippen LogP) is 0.939. The number of methoxy groups -OCH3 is 1. The van der Waals surface area contributed by atoms with E-state index in [1.165, 1.54) is 4.31 Å². The lowest BCUT2D eigenvalue weighted by molar-refractivity contribution is 0.0536. The number of hydrogen-bond donors (Lipinski definition) is 1. The fourth-order valence-electron chi connectivity index (χ4n) is 3.88. The summed E-state index contributed by atoms with van der Waals surface area (Å²) in [6.07, 6.45) is 1.81. The molecule has 2 aliphatic rings. The fraction of sp³-hybridized carbons (Fsp3) is 0.650. The summed E-state index contributed by atoms with van der Waals surface area (Å²) < 4.78 is 37.8. The summed E-state index contributed by atoms with van der Waals surface area (Å²) in [5, 5.41) is 3.22. The first kappa shape index (κ1) is 21.9. The second kappa shape index (κ2) is 10.3. The molecule has 3 rings (SSSR count). The third kappa shape index (κ3) is 5.61. The van der Waals surface area contributed by atoms with E-state index < -0.39 is 10.0 Å². The molecule has 29 heavy (non-hydrogen) atoms. The van der Waals surface area contributed by atoms with E-state index in [2.05, 4.69) is 15.2 Å². The Bertz CT molecular complexity index is 799. The molecule has 1 saturated heterocycles. The molecule has 1 fully saturated rings. The van der Waals surface area contributed by atoms with Gasteiger partial charge in [-0.2, -0.15) is 0 Å². The van der Waals surface area contributed by atoms with Gasteiger partial charge in [0.2, 0.25) is 10.0 Å². The van der Waals surface area contributed by atoms with Crippen LogP contribution in [-0.2, 0) is 25.9 Å². The molecule has 1 aromatic carbocycles. The summed E-state index contributed by atoms with van der Waals surface area (Å²) in [6, 6.07) is 7.71. The number of likely N-dealkylation sites (tertiary alicyclic amines) is 1. The van der Waals surface area contributed by atoms with E-state index >= 15 is 0 Å². The lowest BCUT2D eigenvalue weighted by Gasteiger charge is -2.23. The molecule has 1 aromatic rings. The molecular formula is C20H32N4O4S. The number of anilines is 1. The molecule has 1 N–H and O–H groups in total. The van der Waals surface area contributed by atoms with Crippen LogP contribution in [0, 0.1) is 5.92 Å². The van der Waals surface area contributed by atoms with Crippen LogP contribution in [0.3, 0.4) is 0 Å². The van der Waals surface area contributed by atoms with Crippen LogP contribution in [0.5, 0.6) is 0 Å². The minimum Gasteiger partial charge on any atom is -0.382 e. The fourth-order valence-corrected chi connectivity index (χ4v) is 5.31. The van der Waals surface area contributed by atoms with Gasteiger partial charge in [-0.3, -0.25) is 9.30 Å². The van der Waals surface area contributed by atoms with E-state index in [1.807, 2.05) is 24.3 Å². The summed E-state index contributed by atoms with van der Waals surface area (Å²) in [7, 11) is 0.0342. The van der Waals surface area contributed by atoms with Gasteiger partial charge < -0.3 is 19.7 Å². The van der Waals surface area contributed by atoms with Crippen LogP contribution in [0.4, 0.5) is 5.69 Å². The molecule has 9 heteroatoms. The summed E-state index contributed by atoms with van der Waals surface area (Å²) in [6.45, 7) is 4.53. The zero-order chi connectivity index (χ0) is 20.7. The van der Waals surface area contributed by atoms with Gasteiger partial charge in [0.1, 0.15) is 0 Å². The van der Waals surface area contributed by atoms with E-state index in [9.17, 15) is 8.42 Å². The molecule has 0 radical (unpaired) electrons. The van der Waals surface area contributed by atoms with Crippen molar-refractivity contribution in [2.45, 2.75) is 12.8 Å². The quantitative estimate of drug-likeness (QED) is 0.361. The monoisotopic (exact) mass is 424 g/mol. The molecule has 8 nitrogen and oxygen atoms in total. The summed E-state index contributed by atoms with van der Waals surface area (Å²) in [5.74, 6) is 1.24. The molecule has 0 bridgehead atoms. The molecule has 0 aliphatic carbocycles. The van der Waals surface area contributed by atoms with Crippen LogP contribution in [0.1, 0.15) is 12.0 Å². The van der Waals surface area contributed by atoms with Gasteiger partial charge in [0.15, 0.2) is 5.96 Å². The van der Waals surface area contributed by atoms with E-state index in [1.54, 1.807) is 14.2 Å². The first-order chi connectivity index (χ1) is 14.0. The van der Waals surface area contributed by atoms with Crippen molar-refractivity contribution in [2.24, 2.45) is 10.9 Å². The maximum Gasteiger partial charge on any atom is 0.236 e. The van der Waals surface area contributed by atoms with E-state index in [-0.39, 0.29) is 5.75 Å². The van der Waals surface area contributed by atoms with E-state index in [0.29, 0.717) is 38.8 Å². The Balaban J connectivity index is 1.46. The number of aliphatic imine (C=N–C) groups is 1. The highest BCUT2D eigenvalue weighted by molar-refractivity contribution is 7.92. The number of fused-ring (bicyclic) bond motifs is 1. The van der Waals surface area contributed by atoms with Gasteiger partial charge in [-0.05, 0) is 24.5 Å². The average Bonchev–Trinajstić information content (AvgIpc) is 3.36. The standard InChI is InChI=1S/C20H32N4O4S/c1-21-20(23-10-7-17(15-23)16-28-13-12-27-2)22-9-14-29(25,26)24-11-8-18-5-3-4-6-19(18)24/h3-6,17H,7-16H2,1-2H3,(H,21,22). The van der Waals surface area contributed by atoms with Crippen LogP contribution in [-0.4, -0.2) is 85.2 Å². The predicted molar refractivity (Wildman–Crippen MR) is 115 cm³/mol. The van der Waals surface area contributed by atoms with E-state index in [0.717, 1.165) is 43.1 Å². The molecule has 0 saturated carbocycles. The number of para-hydroxylation sites is 1. The molecule has 2 heterocycles. The number of nitrogens with zero attached hydrogens (tertiary/aromatic N) is 3. The number of ether oxygens (including phenoxy) is 2. The number of nitrogens with one attached hydrogen (secondary N) is 1. The van der Waals surface area contributed by atoms with Crippen molar-refractivity contribution in [2.75, 3.05) is 70.2 Å². The SMILES string of the molecule is CN=C(NCCS(=O)(=O)N1CCc2ccccc21)N1CCC(COCCOC)C1. The smallest absolute Gasteiger partial charge is 0.236 e. The normalized spacial score (nSPS) is 19.7. The molecule has 1 unspecified atom stereocenters. The lowest BCUT2D eigenvalue weighted by Crippen LogP contribution is -2.43. The molecule has 0 amide bonds. The van der Waals surface area contributed by atoms with Crippen LogP contribution in [0.15, 0.2) is 29.3 Å². The van der Waals surface area contributed by atoms with Gasteiger partial charge in [-0.1, -0.05) is 18.2 Å². The third-order valence-electron chi connectivity index (χ3n) is 5.41. The first-order valence-corrected chi connectivity index (χ1v) is 11.8. The van der Waals surface area contributed by atoms with Crippen molar-refractivity contribution in [3.8, 4) is 0 Å². The number of guanidine groups is 1. The van der Waals surface area contributed by atoms with Crippen molar-refractivity contribution >= 4 is 21.7 Å². The number of benzene rings is 1. The molecule has 2 aliphatic heterocycles. The topological polar surface area (TPSA) is 83.5 Å². The minimum absolute atomic E-state index is 0.0394. The Hall–Kier alpha value is -1.84. The van der Waals surface area contributed by atoms with Crippen molar-refractivity contribution in [1.82, 2.24) is 10.2 Å². The van der Waals surface area contributed by atoms with Gasteiger partial charge in [-0.15, -0.1) is 0 Å². The van der Waals surface area contributed by atoms with Gasteiger partial charge in [0.25, 0.3) is 0 Å². The number of hydrogen-bond acceptors (Lipinski definition) is 5. The minimum atomic E-state index is -3.36. The van der Waals surface area contributed by atoms with Gasteiger partial charge in [0.05, 0.1) is 31.3 Å². The highest BCUT2D eigenvalue weighted by Gasteiger charge is 2.29. The van der Waals surface area contributed by atoms with Crippen LogP contribution >= 0.6 is 0 Å². The maximum atomic E-state index is 12.8. The lowest BCUT2D eigenvalue weighted by atomic mass is 10.1. The zero-order valence-electron chi connectivity index (χ0n) is 17.3. The third-order valence-corrected chi connectivity index (χ3v) is 7.18. The second-order valence-corrected chi connectivity index (χ2v) is 9.42. The summed E-state index contributed by atoms with van der Waals surface area (Å²) in [5.41, 5.74) is 1.91. The molecule has 162 valence electrons. The first-order valence-electron chi connectivity index (χ1n) is 10.2. The largest absolute Gasteiger partial charge is 0.382 e. The van der Waals surface area contributed by atoms with Crippen LogP contribution < -0.4 is 9.62 Å². The molecule has 0 spiro atoms. The zero-order valence-corrected chi connectivity index (χ0v) is 18.2. The van der Waals surface area contributed by atoms with E-state index in [4.69, 9.17) is 9.47 Å². The highest BCUT2D eigenvalue weighted by atomic mass is 32.2. The number of rotatable bonds is 9. The highest BCUT2D eigenvalue weighted by Crippen LogP contribution is 2.29. The Morgan fingerprint density at radius 2 is 2.10 bits per heavy atom. The average molecular weight is 425 g/mol. The molecule has 1 atom stereocenters. The van der Waals surface area contributed by atoms with Gasteiger partial charge >= 0.3 is 0 Å². The second-order valence-electron chi connectivity index (χ2n) is 7.41. The van der Waals surface area contributed by atoms with Crippen molar-refractivity contribution in [3.63, 3.8) is 0 Å². The van der Waals surface area contributed by atoms with Crippen molar-refractivity contribution < 1.29 is 17.9 Å². The van der Waals surface area contributed by atoms with Crippen molar-refractivity contribution in [1.29, 1.82) is 0 Å². The summed E-state index contributed by atoms with van der Waals surface area (Å²) in [4.78, 5) is 6.50. The Morgan fingerprint density at radius 3 is 2.90 bits per heavy atom. The summed E-state index contributed by atoms with van der Waals surface area (Å²) >= 11 is 0. The van der Waals surface area contributed by atoms with Crippen LogP contribution in [0.2, 0.25) is 0 Å². The molecular weight excluding hydrogens is 392 g/mol.